The molecule has 1 aliphatic heterocycles. The van der Waals surface area contributed by atoms with Crippen LogP contribution in [0.1, 0.15) is 13.8 Å². The highest BCUT2D eigenvalue weighted by Gasteiger charge is 2.25. The van der Waals surface area contributed by atoms with Gasteiger partial charge in [0.2, 0.25) is 5.91 Å². The number of nitrogens with two attached hydrogens (primary N) is 1. The Morgan fingerprint density at radius 2 is 1.81 bits per heavy atom. The summed E-state index contributed by atoms with van der Waals surface area (Å²) >= 11 is 0. The number of hydrogen-bond donors (Lipinski definition) is 1. The maximum absolute atomic E-state index is 12.3. The molecule has 0 aliphatic carbocycles. The number of anilines is 2. The molecule has 0 atom stereocenters. The molecule has 1 aromatic carbocycles. The zero-order chi connectivity index (χ0) is 22.3. The first-order chi connectivity index (χ1) is 14.8. The fourth-order valence-corrected chi connectivity index (χ4v) is 3.94. The van der Waals surface area contributed by atoms with Gasteiger partial charge in [0.25, 0.3) is 5.69 Å². The predicted molar refractivity (Wildman–Crippen MR) is 119 cm³/mol. The number of nitro groups is 1. The number of benzene rings is 1. The van der Waals surface area contributed by atoms with Gasteiger partial charge in [-0.25, -0.2) is 9.67 Å². The summed E-state index contributed by atoms with van der Waals surface area (Å²) in [5.74, 6) is 1.26. The molecule has 1 fully saturated rings. The van der Waals surface area contributed by atoms with Gasteiger partial charge in [-0.15, -0.1) is 0 Å². The summed E-state index contributed by atoms with van der Waals surface area (Å²) in [4.78, 5) is 31.7. The number of aromatic nitrogens is 3. The molecule has 2 N–H and O–H groups in total. The van der Waals surface area contributed by atoms with Crippen LogP contribution < -0.4 is 10.6 Å². The Bertz CT molecular complexity index is 1150. The normalized spacial score (nSPS) is 14.5. The molecule has 162 valence electrons. The van der Waals surface area contributed by atoms with E-state index in [0.29, 0.717) is 43.0 Å². The van der Waals surface area contributed by atoms with Crippen molar-refractivity contribution in [2.24, 2.45) is 13.0 Å². The van der Waals surface area contributed by atoms with Gasteiger partial charge < -0.3 is 15.5 Å². The second-order valence-electron chi connectivity index (χ2n) is 8.01. The number of pyridine rings is 1. The second kappa shape index (κ2) is 7.86. The van der Waals surface area contributed by atoms with Crippen molar-refractivity contribution in [1.29, 1.82) is 0 Å². The Morgan fingerprint density at radius 3 is 2.39 bits per heavy atom. The van der Waals surface area contributed by atoms with Crippen molar-refractivity contribution in [3.05, 3.63) is 40.4 Å². The van der Waals surface area contributed by atoms with Crippen LogP contribution in [0, 0.1) is 16.0 Å². The minimum absolute atomic E-state index is 0.0211. The average Bonchev–Trinajstić information content (AvgIpc) is 3.06. The third-order valence-corrected chi connectivity index (χ3v) is 5.61. The van der Waals surface area contributed by atoms with E-state index in [0.717, 1.165) is 16.9 Å². The maximum Gasteiger partial charge on any atom is 0.269 e. The zero-order valence-electron chi connectivity index (χ0n) is 17.8. The van der Waals surface area contributed by atoms with E-state index in [9.17, 15) is 14.9 Å². The summed E-state index contributed by atoms with van der Waals surface area (Å²) in [5, 5.41) is 16.1. The summed E-state index contributed by atoms with van der Waals surface area (Å²) in [7, 11) is 1.79. The molecule has 10 nitrogen and oxygen atoms in total. The van der Waals surface area contributed by atoms with Crippen molar-refractivity contribution in [1.82, 2.24) is 19.7 Å². The summed E-state index contributed by atoms with van der Waals surface area (Å²) in [6, 6.07) is 8.32. The van der Waals surface area contributed by atoms with E-state index in [4.69, 9.17) is 10.7 Å². The number of nitro benzene ring substituents is 1. The molecule has 0 spiro atoms. The fourth-order valence-electron chi connectivity index (χ4n) is 3.94. The first-order valence-electron chi connectivity index (χ1n) is 10.2. The number of nitrogen functional groups attached to an aromatic ring is 1. The van der Waals surface area contributed by atoms with Gasteiger partial charge in [0.05, 0.1) is 10.3 Å². The zero-order valence-corrected chi connectivity index (χ0v) is 17.8. The molecule has 4 rings (SSSR count). The van der Waals surface area contributed by atoms with Crippen molar-refractivity contribution in [2.45, 2.75) is 13.8 Å². The molecule has 2 aromatic heterocycles. The summed E-state index contributed by atoms with van der Waals surface area (Å²) < 4.78 is 1.64. The molecule has 0 bridgehead atoms. The monoisotopic (exact) mass is 423 g/mol. The number of carbonyl (C=O) groups excluding carboxylic acids is 1. The Labute approximate surface area is 179 Å². The molecule has 3 heterocycles. The number of fused-ring (bicyclic) bond motifs is 1. The van der Waals surface area contributed by atoms with E-state index in [1.807, 2.05) is 24.8 Å². The van der Waals surface area contributed by atoms with Crippen molar-refractivity contribution in [3.63, 3.8) is 0 Å². The van der Waals surface area contributed by atoms with Crippen molar-refractivity contribution in [3.8, 4) is 11.1 Å². The largest absolute Gasteiger partial charge is 0.382 e. The molecule has 0 radical (unpaired) electrons. The van der Waals surface area contributed by atoms with E-state index in [1.54, 1.807) is 23.9 Å². The first kappa shape index (κ1) is 20.6. The van der Waals surface area contributed by atoms with Gasteiger partial charge in [-0.1, -0.05) is 13.8 Å². The molecule has 1 aliphatic rings. The van der Waals surface area contributed by atoms with Gasteiger partial charge >= 0.3 is 0 Å². The predicted octanol–water partition coefficient (Wildman–Crippen LogP) is 2.43. The van der Waals surface area contributed by atoms with Crippen LogP contribution in [0.25, 0.3) is 22.2 Å². The molecule has 1 saturated heterocycles. The second-order valence-corrected chi connectivity index (χ2v) is 8.01. The van der Waals surface area contributed by atoms with Crippen molar-refractivity contribution < 1.29 is 9.72 Å². The lowest BCUT2D eigenvalue weighted by Crippen LogP contribution is -2.50. The van der Waals surface area contributed by atoms with E-state index < -0.39 is 4.92 Å². The topological polar surface area (TPSA) is 123 Å². The molecular weight excluding hydrogens is 398 g/mol. The summed E-state index contributed by atoms with van der Waals surface area (Å²) in [6.45, 7) is 6.43. The average molecular weight is 423 g/mol. The number of nitrogens with zero attached hydrogens (tertiary/aromatic N) is 6. The van der Waals surface area contributed by atoms with Crippen LogP contribution >= 0.6 is 0 Å². The highest BCUT2D eigenvalue weighted by molar-refractivity contribution is 6.01. The lowest BCUT2D eigenvalue weighted by molar-refractivity contribution is -0.384. The standard InChI is InChI=1S/C21H25N7O3/c1-13(2)21(29)27-10-8-26(9-11-27)17-12-16(14-4-6-15(7-5-14)28(30)31)18-19(22)24-25(3)20(18)23-17/h4-7,12-13H,8-11H2,1-3H3,(H2,22,24). The first-order valence-corrected chi connectivity index (χ1v) is 10.2. The van der Waals surface area contributed by atoms with E-state index >= 15 is 0 Å². The molecule has 10 heteroatoms. The minimum Gasteiger partial charge on any atom is -0.382 e. The van der Waals surface area contributed by atoms with E-state index in [-0.39, 0.29) is 17.5 Å². The number of piperazine rings is 1. The van der Waals surface area contributed by atoms with Gasteiger partial charge in [-0.2, -0.15) is 5.10 Å². The van der Waals surface area contributed by atoms with E-state index in [1.165, 1.54) is 12.1 Å². The minimum atomic E-state index is -0.423. The van der Waals surface area contributed by atoms with Crippen LogP contribution in [0.2, 0.25) is 0 Å². The van der Waals surface area contributed by atoms with E-state index in [2.05, 4.69) is 10.00 Å². The van der Waals surface area contributed by atoms with Crippen molar-refractivity contribution in [2.75, 3.05) is 36.8 Å². The van der Waals surface area contributed by atoms with Gasteiger partial charge in [-0.3, -0.25) is 14.9 Å². The van der Waals surface area contributed by atoms with Gasteiger partial charge in [0.15, 0.2) is 11.5 Å². The van der Waals surface area contributed by atoms with Crippen LogP contribution in [0.5, 0.6) is 0 Å². The Hall–Kier alpha value is -3.69. The number of amides is 1. The van der Waals surface area contributed by atoms with Crippen molar-refractivity contribution >= 4 is 34.3 Å². The molecule has 31 heavy (non-hydrogen) atoms. The van der Waals surface area contributed by atoms with Gasteiger partial charge in [0.1, 0.15) is 5.82 Å². The maximum atomic E-state index is 12.3. The highest BCUT2D eigenvalue weighted by atomic mass is 16.6. The smallest absolute Gasteiger partial charge is 0.269 e. The number of hydrogen-bond acceptors (Lipinski definition) is 7. The Morgan fingerprint density at radius 1 is 1.16 bits per heavy atom. The third kappa shape index (κ3) is 3.76. The van der Waals surface area contributed by atoms with Crippen LogP contribution in [0.4, 0.5) is 17.3 Å². The lowest BCUT2D eigenvalue weighted by Gasteiger charge is -2.36. The van der Waals surface area contributed by atoms with Crippen LogP contribution in [0.3, 0.4) is 0 Å². The summed E-state index contributed by atoms with van der Waals surface area (Å²) in [5.41, 5.74) is 8.45. The molecular formula is C21H25N7O3. The fraction of sp³-hybridized carbons (Fsp3) is 0.381. The number of carbonyl (C=O) groups is 1. The Balaban J connectivity index is 1.72. The quantitative estimate of drug-likeness (QED) is 0.505. The number of non-ortho nitro benzene ring substituents is 1. The van der Waals surface area contributed by atoms with Crippen LogP contribution in [-0.4, -0.2) is 56.7 Å². The SMILES string of the molecule is CC(C)C(=O)N1CCN(c2cc(-c3ccc([N+](=O)[O-])cc3)c3c(N)nn(C)c3n2)CC1. The van der Waals surface area contributed by atoms with Crippen LogP contribution in [0.15, 0.2) is 30.3 Å². The third-order valence-electron chi connectivity index (χ3n) is 5.61. The number of rotatable bonds is 4. The summed E-state index contributed by atoms with van der Waals surface area (Å²) in [6.07, 6.45) is 0. The Kier molecular flexibility index (Phi) is 5.22. The van der Waals surface area contributed by atoms with Gasteiger partial charge in [0, 0.05) is 56.8 Å². The molecule has 0 saturated carbocycles. The van der Waals surface area contributed by atoms with Crippen LogP contribution in [-0.2, 0) is 11.8 Å². The highest BCUT2D eigenvalue weighted by Crippen LogP contribution is 2.35. The molecule has 0 unspecified atom stereocenters. The van der Waals surface area contributed by atoms with Gasteiger partial charge in [-0.05, 0) is 23.8 Å². The lowest BCUT2D eigenvalue weighted by atomic mass is 10.0. The number of aryl methyl sites for hydroxylation is 1. The molecule has 1 amide bonds. The molecule has 3 aromatic rings.